The molecule has 3 saturated heterocycles. The summed E-state index contributed by atoms with van der Waals surface area (Å²) in [5.74, 6) is -2.43. The van der Waals surface area contributed by atoms with Crippen LogP contribution < -0.4 is 0 Å². The van der Waals surface area contributed by atoms with Crippen molar-refractivity contribution in [2.24, 2.45) is 23.2 Å². The first-order valence-electron chi connectivity index (χ1n) is 16.0. The van der Waals surface area contributed by atoms with Crippen LogP contribution in [0.3, 0.4) is 0 Å². The normalized spacial score (nSPS) is 30.2. The first-order chi connectivity index (χ1) is 20.5. The molecule has 44 heavy (non-hydrogen) atoms. The monoisotopic (exact) mass is 607 g/mol. The average molecular weight is 608 g/mol. The molecule has 0 saturated carbocycles. The highest BCUT2D eigenvalue weighted by atomic mass is 16.5. The average Bonchev–Trinajstić information content (AvgIpc) is 3.46. The molecule has 1 N–H and O–H groups in total. The summed E-state index contributed by atoms with van der Waals surface area (Å²) in [6, 6.07) is 8.13. The van der Waals surface area contributed by atoms with Crippen molar-refractivity contribution in [2.75, 3.05) is 19.7 Å². The van der Waals surface area contributed by atoms with Crippen molar-refractivity contribution in [1.82, 2.24) is 14.7 Å². The molecule has 0 aliphatic carbocycles. The predicted molar refractivity (Wildman–Crippen MR) is 172 cm³/mol. The number of amides is 3. The minimum atomic E-state index is -1.20. The topological polar surface area (TPSA) is 90.4 Å². The summed E-state index contributed by atoms with van der Waals surface area (Å²) >= 11 is 0. The molecule has 3 aliphatic rings. The molecular weight excluding hydrogens is 554 g/mol. The van der Waals surface area contributed by atoms with Crippen LogP contribution in [0.1, 0.15) is 73.8 Å². The van der Waals surface area contributed by atoms with Crippen molar-refractivity contribution >= 4 is 17.7 Å². The van der Waals surface area contributed by atoms with Gasteiger partial charge in [0.05, 0.1) is 30.1 Å². The van der Waals surface area contributed by atoms with E-state index in [-0.39, 0.29) is 35.7 Å². The van der Waals surface area contributed by atoms with Crippen LogP contribution in [0.15, 0.2) is 55.6 Å². The van der Waals surface area contributed by atoms with Gasteiger partial charge in [-0.25, -0.2) is 0 Å². The number of fused-ring (bicyclic) bond motifs is 1. The van der Waals surface area contributed by atoms with Crippen LogP contribution in [-0.4, -0.2) is 86.0 Å². The zero-order valence-corrected chi connectivity index (χ0v) is 28.0. The smallest absolute Gasteiger partial charge is 0.249 e. The molecule has 0 radical (unpaired) electrons. The lowest BCUT2D eigenvalue weighted by Gasteiger charge is -2.46. The number of carbonyl (C=O) groups is 3. The second kappa shape index (κ2) is 12.1. The molecule has 3 fully saturated rings. The van der Waals surface area contributed by atoms with Gasteiger partial charge in [0.25, 0.3) is 0 Å². The summed E-state index contributed by atoms with van der Waals surface area (Å²) in [7, 11) is 0. The van der Waals surface area contributed by atoms with Crippen LogP contribution >= 0.6 is 0 Å². The first kappa shape index (κ1) is 33.9. The van der Waals surface area contributed by atoms with Gasteiger partial charge in [-0.15, -0.1) is 13.2 Å². The SMILES string of the molecule is C=CCN(Cc1ccccc1)C(=O)[C@H]1[C@H]2C(=O)N([C@H](C)CO)C(C(=O)N(CC=C)C(C)(C)CC(C)(C)C)C23CC(C)[C@]1(C)O3. The third kappa shape index (κ3) is 5.64. The predicted octanol–water partition coefficient (Wildman–Crippen LogP) is 4.82. The third-order valence-corrected chi connectivity index (χ3v) is 10.1. The number of hydrogen-bond donors (Lipinski definition) is 1. The van der Waals surface area contributed by atoms with E-state index >= 15 is 0 Å². The standard InChI is InChI=1S/C36H53N3O5/c1-11-18-37(21-26-16-14-13-15-17-26)30(41)27-28-31(42)39(25(4)22-40)29(36(28)20-24(3)35(27,10)44-36)32(43)38(19-12-2)34(8,9)23-33(5,6)7/h11-17,24-25,27-29,40H,1-2,18-23H2,3-10H3/t24?,25-,27-,28+,29?,35+,36?/m1/s1. The van der Waals surface area contributed by atoms with E-state index in [9.17, 15) is 19.5 Å². The van der Waals surface area contributed by atoms with Crippen molar-refractivity contribution in [3.05, 3.63) is 61.2 Å². The Morgan fingerprint density at radius 2 is 1.73 bits per heavy atom. The van der Waals surface area contributed by atoms with Crippen LogP contribution in [0, 0.1) is 23.2 Å². The number of ether oxygens (including phenoxy) is 1. The largest absolute Gasteiger partial charge is 0.394 e. The Kier molecular flexibility index (Phi) is 9.32. The van der Waals surface area contributed by atoms with E-state index < -0.39 is 40.7 Å². The fraction of sp³-hybridized carbons (Fsp3) is 0.639. The molecule has 3 aliphatic heterocycles. The lowest BCUT2D eigenvalue weighted by atomic mass is 9.62. The van der Waals surface area contributed by atoms with Crippen LogP contribution in [0.25, 0.3) is 0 Å². The molecule has 2 bridgehead atoms. The van der Waals surface area contributed by atoms with Gasteiger partial charge in [-0.3, -0.25) is 14.4 Å². The Morgan fingerprint density at radius 1 is 1.11 bits per heavy atom. The molecule has 1 aromatic carbocycles. The maximum absolute atomic E-state index is 14.9. The number of carbonyl (C=O) groups excluding carboxylic acids is 3. The van der Waals surface area contributed by atoms with E-state index in [4.69, 9.17) is 4.74 Å². The summed E-state index contributed by atoms with van der Waals surface area (Å²) in [5, 5.41) is 10.3. The molecule has 8 heteroatoms. The molecule has 4 rings (SSSR count). The Labute approximate surface area is 264 Å². The minimum absolute atomic E-state index is 0.0667. The fourth-order valence-corrected chi connectivity index (χ4v) is 8.59. The molecule has 3 unspecified atom stereocenters. The summed E-state index contributed by atoms with van der Waals surface area (Å²) in [6.07, 6.45) is 4.60. The van der Waals surface area contributed by atoms with E-state index in [0.717, 1.165) is 12.0 Å². The number of nitrogens with zero attached hydrogens (tertiary/aromatic N) is 3. The highest BCUT2D eigenvalue weighted by Gasteiger charge is 2.80. The molecule has 0 aromatic heterocycles. The van der Waals surface area contributed by atoms with Gasteiger partial charge in [-0.1, -0.05) is 70.2 Å². The van der Waals surface area contributed by atoms with Crippen LogP contribution in [0.5, 0.6) is 0 Å². The molecule has 3 heterocycles. The number of rotatable bonds is 12. The second-order valence-corrected chi connectivity index (χ2v) is 15.3. The van der Waals surface area contributed by atoms with E-state index in [1.165, 1.54) is 4.90 Å². The summed E-state index contributed by atoms with van der Waals surface area (Å²) in [5.41, 5.74) is -1.79. The summed E-state index contributed by atoms with van der Waals surface area (Å²) < 4.78 is 6.98. The van der Waals surface area contributed by atoms with Gasteiger partial charge in [0.1, 0.15) is 11.6 Å². The fourth-order valence-electron chi connectivity index (χ4n) is 8.59. The van der Waals surface area contributed by atoms with Gasteiger partial charge in [-0.2, -0.15) is 0 Å². The van der Waals surface area contributed by atoms with Gasteiger partial charge in [0, 0.05) is 25.2 Å². The van der Waals surface area contributed by atoms with E-state index in [1.807, 2.05) is 56.0 Å². The van der Waals surface area contributed by atoms with Crippen molar-refractivity contribution in [2.45, 2.75) is 104 Å². The van der Waals surface area contributed by atoms with Crippen molar-refractivity contribution in [3.63, 3.8) is 0 Å². The molecular formula is C36H53N3O5. The number of hydrogen-bond acceptors (Lipinski definition) is 5. The molecule has 1 aromatic rings. The maximum Gasteiger partial charge on any atom is 0.249 e. The first-order valence-corrected chi connectivity index (χ1v) is 16.0. The summed E-state index contributed by atoms with van der Waals surface area (Å²) in [4.78, 5) is 49.2. The van der Waals surface area contributed by atoms with Crippen molar-refractivity contribution in [1.29, 1.82) is 0 Å². The quantitative estimate of drug-likeness (QED) is 0.344. The highest BCUT2D eigenvalue weighted by Crippen LogP contribution is 2.66. The number of benzene rings is 1. The maximum atomic E-state index is 14.9. The minimum Gasteiger partial charge on any atom is -0.394 e. The number of aliphatic hydroxyl groups excluding tert-OH is 1. The highest BCUT2D eigenvalue weighted by molar-refractivity contribution is 5.99. The molecule has 7 atom stereocenters. The molecule has 8 nitrogen and oxygen atoms in total. The van der Waals surface area contributed by atoms with Gasteiger partial charge < -0.3 is 24.5 Å². The van der Waals surface area contributed by atoms with E-state index in [2.05, 4.69) is 40.9 Å². The van der Waals surface area contributed by atoms with Crippen molar-refractivity contribution < 1.29 is 24.2 Å². The van der Waals surface area contributed by atoms with Crippen LogP contribution in [0.2, 0.25) is 0 Å². The lowest BCUT2D eigenvalue weighted by Crippen LogP contribution is -2.62. The van der Waals surface area contributed by atoms with Crippen LogP contribution in [0.4, 0.5) is 0 Å². The second-order valence-electron chi connectivity index (χ2n) is 15.3. The Balaban J connectivity index is 1.83. The Hall–Kier alpha value is -2.97. The van der Waals surface area contributed by atoms with Gasteiger partial charge in [0.2, 0.25) is 17.7 Å². The molecule has 242 valence electrons. The molecule has 1 spiro atoms. The summed E-state index contributed by atoms with van der Waals surface area (Å²) in [6.45, 7) is 24.8. The van der Waals surface area contributed by atoms with Gasteiger partial charge in [-0.05, 0) is 57.4 Å². The van der Waals surface area contributed by atoms with Crippen LogP contribution in [-0.2, 0) is 25.7 Å². The zero-order valence-electron chi connectivity index (χ0n) is 28.0. The molecule has 3 amide bonds. The third-order valence-electron chi connectivity index (χ3n) is 10.1. The van der Waals surface area contributed by atoms with Crippen molar-refractivity contribution in [3.8, 4) is 0 Å². The number of likely N-dealkylation sites (tertiary alicyclic amines) is 1. The van der Waals surface area contributed by atoms with E-state index in [1.54, 1.807) is 24.0 Å². The zero-order chi connectivity index (χ0) is 32.8. The number of aliphatic hydroxyl groups is 1. The lowest BCUT2D eigenvalue weighted by molar-refractivity contribution is -0.160. The van der Waals surface area contributed by atoms with E-state index in [0.29, 0.717) is 26.1 Å². The van der Waals surface area contributed by atoms with Gasteiger partial charge >= 0.3 is 0 Å². The van der Waals surface area contributed by atoms with Gasteiger partial charge in [0.15, 0.2) is 0 Å². The Morgan fingerprint density at radius 3 is 2.27 bits per heavy atom. The Bertz CT molecular complexity index is 1270.